The Morgan fingerprint density at radius 3 is 2.21 bits per heavy atom. The van der Waals surface area contributed by atoms with Gasteiger partial charge in [-0.2, -0.15) is 0 Å². The minimum atomic E-state index is -0.724. The molecule has 3 heteroatoms. The molecular weight excluding hydrogens is 178 g/mol. The molecule has 0 radical (unpaired) electrons. The highest BCUT2D eigenvalue weighted by molar-refractivity contribution is 5.73. The number of carboxylic acids is 1. The van der Waals surface area contributed by atoms with Crippen molar-refractivity contribution in [3.05, 3.63) is 0 Å². The van der Waals surface area contributed by atoms with Crippen LogP contribution in [0.15, 0.2) is 0 Å². The minimum absolute atomic E-state index is 0.361. The van der Waals surface area contributed by atoms with Gasteiger partial charge in [-0.05, 0) is 18.9 Å². The van der Waals surface area contributed by atoms with Gasteiger partial charge in [0.05, 0.1) is 0 Å². The van der Waals surface area contributed by atoms with E-state index in [-0.39, 0.29) is 6.04 Å². The van der Waals surface area contributed by atoms with Gasteiger partial charge < -0.3 is 10.4 Å². The van der Waals surface area contributed by atoms with Gasteiger partial charge in [-0.3, -0.25) is 4.79 Å². The summed E-state index contributed by atoms with van der Waals surface area (Å²) in [6.45, 7) is 7.12. The largest absolute Gasteiger partial charge is 0.480 e. The van der Waals surface area contributed by atoms with E-state index in [2.05, 4.69) is 19.2 Å². The van der Waals surface area contributed by atoms with Crippen LogP contribution in [-0.2, 0) is 4.79 Å². The summed E-state index contributed by atoms with van der Waals surface area (Å²) in [7, 11) is 0. The highest BCUT2D eigenvalue weighted by Gasteiger charge is 2.16. The molecule has 14 heavy (non-hydrogen) atoms. The molecule has 0 amide bonds. The van der Waals surface area contributed by atoms with Crippen molar-refractivity contribution in [2.45, 2.75) is 52.5 Å². The lowest BCUT2D eigenvalue weighted by atomic mass is 10.0. The summed E-state index contributed by atoms with van der Waals surface area (Å²) in [5, 5.41) is 12.0. The minimum Gasteiger partial charge on any atom is -0.480 e. The zero-order valence-corrected chi connectivity index (χ0v) is 9.55. The van der Waals surface area contributed by atoms with Crippen LogP contribution < -0.4 is 5.32 Å². The summed E-state index contributed by atoms with van der Waals surface area (Å²) in [6, 6.07) is -0.361. The van der Waals surface area contributed by atoms with Crippen molar-refractivity contribution in [3.63, 3.8) is 0 Å². The maximum Gasteiger partial charge on any atom is 0.320 e. The highest BCUT2D eigenvalue weighted by atomic mass is 16.4. The van der Waals surface area contributed by atoms with Crippen LogP contribution in [0.3, 0.4) is 0 Å². The van der Waals surface area contributed by atoms with Crippen LogP contribution in [0.25, 0.3) is 0 Å². The van der Waals surface area contributed by atoms with Crippen LogP contribution >= 0.6 is 0 Å². The van der Waals surface area contributed by atoms with Crippen LogP contribution in [0.5, 0.6) is 0 Å². The monoisotopic (exact) mass is 201 g/mol. The Balaban J connectivity index is 3.85. The molecule has 0 aliphatic carbocycles. The van der Waals surface area contributed by atoms with Crippen LogP contribution in [-0.4, -0.2) is 23.7 Å². The van der Waals surface area contributed by atoms with Gasteiger partial charge >= 0.3 is 5.97 Å². The summed E-state index contributed by atoms with van der Waals surface area (Å²) < 4.78 is 0. The van der Waals surface area contributed by atoms with Gasteiger partial charge in [-0.1, -0.05) is 40.0 Å². The molecule has 3 nitrogen and oxygen atoms in total. The molecule has 0 heterocycles. The zero-order valence-electron chi connectivity index (χ0n) is 9.55. The molecule has 0 fully saturated rings. The van der Waals surface area contributed by atoms with E-state index in [1.165, 1.54) is 0 Å². The molecule has 0 spiro atoms. The molecule has 84 valence electrons. The third kappa shape index (κ3) is 5.22. The van der Waals surface area contributed by atoms with E-state index >= 15 is 0 Å². The van der Waals surface area contributed by atoms with Gasteiger partial charge in [0.1, 0.15) is 6.04 Å². The second kappa shape index (κ2) is 7.80. The second-order valence-electron chi connectivity index (χ2n) is 3.77. The standard InChI is InChI=1S/C11H23NO2/c1-4-7-10(11(13)14)12-8-9(5-2)6-3/h9-10,12H,4-8H2,1-3H3,(H,13,14). The number of nitrogens with one attached hydrogen (secondary N) is 1. The third-order valence-corrected chi connectivity index (χ3v) is 2.68. The number of carbonyl (C=O) groups is 1. The Morgan fingerprint density at radius 2 is 1.86 bits per heavy atom. The fourth-order valence-electron chi connectivity index (χ4n) is 1.49. The number of carboxylic acid groups (broad SMARTS) is 1. The Labute approximate surface area is 86.9 Å². The summed E-state index contributed by atoms with van der Waals surface area (Å²) in [6.07, 6.45) is 3.85. The zero-order chi connectivity index (χ0) is 11.0. The van der Waals surface area contributed by atoms with Gasteiger partial charge in [0.25, 0.3) is 0 Å². The van der Waals surface area contributed by atoms with Crippen LogP contribution in [0, 0.1) is 5.92 Å². The topological polar surface area (TPSA) is 49.3 Å². The van der Waals surface area contributed by atoms with Gasteiger partial charge in [0.15, 0.2) is 0 Å². The molecule has 0 rings (SSSR count). The van der Waals surface area contributed by atoms with E-state index in [0.717, 1.165) is 32.2 Å². The van der Waals surface area contributed by atoms with Crippen molar-refractivity contribution in [1.82, 2.24) is 5.32 Å². The SMILES string of the molecule is CCCC(NCC(CC)CC)C(=O)O. The molecule has 0 bridgehead atoms. The summed E-state index contributed by atoms with van der Waals surface area (Å²) in [4.78, 5) is 10.8. The average Bonchev–Trinajstić information content (AvgIpc) is 2.17. The fourth-order valence-corrected chi connectivity index (χ4v) is 1.49. The van der Waals surface area contributed by atoms with Crippen molar-refractivity contribution in [2.24, 2.45) is 5.92 Å². The number of aliphatic carboxylic acids is 1. The first-order valence-corrected chi connectivity index (χ1v) is 5.61. The third-order valence-electron chi connectivity index (χ3n) is 2.68. The smallest absolute Gasteiger partial charge is 0.320 e. The van der Waals surface area contributed by atoms with E-state index < -0.39 is 5.97 Å². The molecule has 0 aromatic rings. The van der Waals surface area contributed by atoms with Crippen molar-refractivity contribution < 1.29 is 9.90 Å². The number of rotatable bonds is 8. The molecular formula is C11H23NO2. The Morgan fingerprint density at radius 1 is 1.29 bits per heavy atom. The first kappa shape index (κ1) is 13.4. The Kier molecular flexibility index (Phi) is 7.48. The number of hydrogen-bond donors (Lipinski definition) is 2. The molecule has 1 unspecified atom stereocenters. The summed E-state index contributed by atoms with van der Waals surface area (Å²) in [5.41, 5.74) is 0. The van der Waals surface area contributed by atoms with Gasteiger partial charge in [-0.15, -0.1) is 0 Å². The molecule has 1 atom stereocenters. The molecule has 0 saturated carbocycles. The molecule has 0 aliphatic rings. The second-order valence-corrected chi connectivity index (χ2v) is 3.77. The van der Waals surface area contributed by atoms with Crippen molar-refractivity contribution >= 4 is 5.97 Å². The lowest BCUT2D eigenvalue weighted by molar-refractivity contribution is -0.139. The first-order valence-electron chi connectivity index (χ1n) is 5.61. The summed E-state index contributed by atoms with van der Waals surface area (Å²) in [5.74, 6) is -0.119. The molecule has 0 aliphatic heterocycles. The van der Waals surface area contributed by atoms with E-state index in [1.54, 1.807) is 0 Å². The van der Waals surface area contributed by atoms with E-state index in [4.69, 9.17) is 5.11 Å². The maximum absolute atomic E-state index is 10.8. The molecule has 0 saturated heterocycles. The maximum atomic E-state index is 10.8. The highest BCUT2D eigenvalue weighted by Crippen LogP contribution is 2.06. The van der Waals surface area contributed by atoms with Crippen LogP contribution in [0.2, 0.25) is 0 Å². The van der Waals surface area contributed by atoms with Crippen molar-refractivity contribution in [2.75, 3.05) is 6.54 Å². The average molecular weight is 201 g/mol. The van der Waals surface area contributed by atoms with Crippen molar-refractivity contribution in [3.8, 4) is 0 Å². The predicted molar refractivity (Wildman–Crippen MR) is 58.4 cm³/mol. The van der Waals surface area contributed by atoms with Gasteiger partial charge in [0.2, 0.25) is 0 Å². The molecule has 0 aromatic heterocycles. The fraction of sp³-hybridized carbons (Fsp3) is 0.909. The Bertz CT molecular complexity index is 155. The van der Waals surface area contributed by atoms with Crippen LogP contribution in [0.4, 0.5) is 0 Å². The quantitative estimate of drug-likeness (QED) is 0.633. The molecule has 0 aromatic carbocycles. The predicted octanol–water partition coefficient (Wildman–Crippen LogP) is 2.27. The van der Waals surface area contributed by atoms with E-state index in [1.807, 2.05) is 6.92 Å². The van der Waals surface area contributed by atoms with Crippen LogP contribution in [0.1, 0.15) is 46.5 Å². The lowest BCUT2D eigenvalue weighted by Crippen LogP contribution is -2.39. The molecule has 2 N–H and O–H groups in total. The van der Waals surface area contributed by atoms with Gasteiger partial charge in [0, 0.05) is 0 Å². The van der Waals surface area contributed by atoms with E-state index in [9.17, 15) is 4.79 Å². The Hall–Kier alpha value is -0.570. The van der Waals surface area contributed by atoms with Crippen molar-refractivity contribution in [1.29, 1.82) is 0 Å². The van der Waals surface area contributed by atoms with E-state index in [0.29, 0.717) is 5.92 Å². The number of hydrogen-bond acceptors (Lipinski definition) is 2. The summed E-state index contributed by atoms with van der Waals surface area (Å²) >= 11 is 0. The lowest BCUT2D eigenvalue weighted by Gasteiger charge is -2.18. The first-order chi connectivity index (χ1) is 6.65. The normalized spacial score (nSPS) is 13.1. The van der Waals surface area contributed by atoms with Gasteiger partial charge in [-0.25, -0.2) is 0 Å².